The summed E-state index contributed by atoms with van der Waals surface area (Å²) in [6, 6.07) is 2.82. The van der Waals surface area contributed by atoms with Crippen LogP contribution in [0.2, 0.25) is 0 Å². The zero-order valence-electron chi connectivity index (χ0n) is 10.9. The van der Waals surface area contributed by atoms with E-state index >= 15 is 0 Å². The minimum atomic E-state index is -0.240. The third-order valence-corrected chi connectivity index (χ3v) is 2.89. The quantitative estimate of drug-likeness (QED) is 0.725. The van der Waals surface area contributed by atoms with Crippen molar-refractivity contribution >= 4 is 5.91 Å². The number of morpholine rings is 1. The Morgan fingerprint density at radius 2 is 2.16 bits per heavy atom. The lowest BCUT2D eigenvalue weighted by Crippen LogP contribution is -2.41. The number of amides is 1. The summed E-state index contributed by atoms with van der Waals surface area (Å²) in [6.07, 6.45) is 0. The Bertz CT molecular complexity index is 494. The van der Waals surface area contributed by atoms with Crippen LogP contribution in [-0.4, -0.2) is 60.6 Å². The van der Waals surface area contributed by atoms with Crippen LogP contribution in [0, 0.1) is 0 Å². The zero-order chi connectivity index (χ0) is 13.7. The van der Waals surface area contributed by atoms with Gasteiger partial charge in [0.2, 0.25) is 0 Å². The van der Waals surface area contributed by atoms with Crippen molar-refractivity contribution in [3.8, 4) is 0 Å². The van der Waals surface area contributed by atoms with Crippen LogP contribution < -0.4 is 5.56 Å². The lowest BCUT2D eigenvalue weighted by atomic mass is 10.3. The Kier molecular flexibility index (Phi) is 4.64. The summed E-state index contributed by atoms with van der Waals surface area (Å²) in [5, 5.41) is 4.08. The van der Waals surface area contributed by atoms with Crippen molar-refractivity contribution in [1.82, 2.24) is 14.7 Å². The maximum absolute atomic E-state index is 12.2. The van der Waals surface area contributed by atoms with E-state index in [1.54, 1.807) is 12.0 Å². The summed E-state index contributed by atoms with van der Waals surface area (Å²) in [5.41, 5.74) is 0.0354. The Balaban J connectivity index is 2.14. The average Bonchev–Trinajstić information content (AvgIpc) is 2.46. The lowest BCUT2D eigenvalue weighted by Gasteiger charge is -2.26. The molecule has 2 heterocycles. The summed E-state index contributed by atoms with van der Waals surface area (Å²) in [5.74, 6) is -0.172. The van der Waals surface area contributed by atoms with Crippen LogP contribution >= 0.6 is 0 Å². The molecule has 0 unspecified atom stereocenters. The van der Waals surface area contributed by atoms with E-state index in [1.165, 1.54) is 16.8 Å². The fourth-order valence-electron chi connectivity index (χ4n) is 1.83. The molecule has 0 saturated carbocycles. The number of rotatable bonds is 4. The molecular formula is C12H17N3O4. The number of hydrogen-bond acceptors (Lipinski definition) is 5. The van der Waals surface area contributed by atoms with Crippen LogP contribution in [0.5, 0.6) is 0 Å². The van der Waals surface area contributed by atoms with Gasteiger partial charge in [-0.15, -0.1) is 0 Å². The normalized spacial score (nSPS) is 15.5. The molecule has 7 nitrogen and oxygen atoms in total. The second-order valence-corrected chi connectivity index (χ2v) is 4.18. The third kappa shape index (κ3) is 3.39. The molecule has 1 aromatic rings. The van der Waals surface area contributed by atoms with Gasteiger partial charge in [-0.3, -0.25) is 9.59 Å². The summed E-state index contributed by atoms with van der Waals surface area (Å²) in [6.45, 7) is 2.89. The number of hydrogen-bond donors (Lipinski definition) is 0. The van der Waals surface area contributed by atoms with Gasteiger partial charge in [-0.25, -0.2) is 4.68 Å². The summed E-state index contributed by atoms with van der Waals surface area (Å²) in [7, 11) is 1.55. The zero-order valence-corrected chi connectivity index (χ0v) is 10.9. The van der Waals surface area contributed by atoms with Gasteiger partial charge in [-0.1, -0.05) is 0 Å². The van der Waals surface area contributed by atoms with Crippen LogP contribution in [0.15, 0.2) is 16.9 Å². The van der Waals surface area contributed by atoms with Crippen LogP contribution in [0.3, 0.4) is 0 Å². The van der Waals surface area contributed by atoms with Crippen molar-refractivity contribution in [3.05, 3.63) is 28.2 Å². The molecule has 0 radical (unpaired) electrons. The molecule has 1 aliphatic heterocycles. The Labute approximate surface area is 110 Å². The standard InChI is InChI=1S/C12H17N3O4/c1-18-7-6-15-11(16)3-2-10(13-15)12(17)14-4-8-19-9-5-14/h2-3H,4-9H2,1H3. The van der Waals surface area contributed by atoms with Crippen LogP contribution in [-0.2, 0) is 16.0 Å². The van der Waals surface area contributed by atoms with Gasteiger partial charge in [0.1, 0.15) is 5.69 Å². The number of carbonyl (C=O) groups excluding carboxylic acids is 1. The van der Waals surface area contributed by atoms with E-state index in [0.717, 1.165) is 0 Å². The fraction of sp³-hybridized carbons (Fsp3) is 0.583. The van der Waals surface area contributed by atoms with Gasteiger partial charge in [-0.2, -0.15) is 5.10 Å². The minimum Gasteiger partial charge on any atom is -0.383 e. The lowest BCUT2D eigenvalue weighted by molar-refractivity contribution is 0.0297. The van der Waals surface area contributed by atoms with Gasteiger partial charge >= 0.3 is 0 Å². The van der Waals surface area contributed by atoms with Crippen LogP contribution in [0.4, 0.5) is 0 Å². The van der Waals surface area contributed by atoms with E-state index in [2.05, 4.69) is 5.10 Å². The predicted molar refractivity (Wildman–Crippen MR) is 67.1 cm³/mol. The maximum Gasteiger partial charge on any atom is 0.274 e. The highest BCUT2D eigenvalue weighted by Gasteiger charge is 2.20. The molecule has 0 N–H and O–H groups in total. The van der Waals surface area contributed by atoms with E-state index < -0.39 is 0 Å². The first-order valence-electron chi connectivity index (χ1n) is 6.16. The van der Waals surface area contributed by atoms with Gasteiger partial charge < -0.3 is 14.4 Å². The second kappa shape index (κ2) is 6.44. The molecule has 0 spiro atoms. The van der Waals surface area contributed by atoms with Crippen molar-refractivity contribution < 1.29 is 14.3 Å². The molecule has 0 bridgehead atoms. The molecule has 1 amide bonds. The van der Waals surface area contributed by atoms with Crippen molar-refractivity contribution in [2.45, 2.75) is 6.54 Å². The monoisotopic (exact) mass is 267 g/mol. The summed E-state index contributed by atoms with van der Waals surface area (Å²) < 4.78 is 11.3. The number of methoxy groups -OCH3 is 1. The smallest absolute Gasteiger partial charge is 0.274 e. The average molecular weight is 267 g/mol. The van der Waals surface area contributed by atoms with Gasteiger partial charge in [0.05, 0.1) is 26.4 Å². The van der Waals surface area contributed by atoms with Crippen molar-refractivity contribution in [2.75, 3.05) is 40.0 Å². The largest absolute Gasteiger partial charge is 0.383 e. The Morgan fingerprint density at radius 3 is 2.84 bits per heavy atom. The molecule has 7 heteroatoms. The molecule has 1 fully saturated rings. The maximum atomic E-state index is 12.2. The first-order valence-corrected chi connectivity index (χ1v) is 6.16. The fourth-order valence-corrected chi connectivity index (χ4v) is 1.83. The molecule has 1 aliphatic rings. The second-order valence-electron chi connectivity index (χ2n) is 4.18. The first kappa shape index (κ1) is 13.7. The topological polar surface area (TPSA) is 73.7 Å². The number of carbonyl (C=O) groups is 1. The molecule has 0 atom stereocenters. The highest BCUT2D eigenvalue weighted by atomic mass is 16.5. The van der Waals surface area contributed by atoms with Gasteiger partial charge in [-0.05, 0) is 6.07 Å². The molecule has 2 rings (SSSR count). The van der Waals surface area contributed by atoms with Crippen molar-refractivity contribution in [1.29, 1.82) is 0 Å². The molecule has 19 heavy (non-hydrogen) atoms. The van der Waals surface area contributed by atoms with E-state index in [4.69, 9.17) is 9.47 Å². The summed E-state index contributed by atoms with van der Waals surface area (Å²) in [4.78, 5) is 25.5. The molecule has 104 valence electrons. The molecule has 1 aromatic heterocycles. The first-order chi connectivity index (χ1) is 9.22. The predicted octanol–water partition coefficient (Wildman–Crippen LogP) is -0.638. The third-order valence-electron chi connectivity index (χ3n) is 2.89. The molecule has 0 aromatic carbocycles. The van der Waals surface area contributed by atoms with Crippen molar-refractivity contribution in [2.24, 2.45) is 0 Å². The number of nitrogens with zero attached hydrogens (tertiary/aromatic N) is 3. The van der Waals surface area contributed by atoms with Crippen LogP contribution in [0.1, 0.15) is 10.5 Å². The highest BCUT2D eigenvalue weighted by Crippen LogP contribution is 2.03. The number of aromatic nitrogens is 2. The van der Waals surface area contributed by atoms with Gasteiger partial charge in [0.25, 0.3) is 11.5 Å². The van der Waals surface area contributed by atoms with E-state index in [-0.39, 0.29) is 17.2 Å². The molecule has 1 saturated heterocycles. The Hall–Kier alpha value is -1.73. The Morgan fingerprint density at radius 1 is 1.42 bits per heavy atom. The van der Waals surface area contributed by atoms with E-state index in [0.29, 0.717) is 39.5 Å². The van der Waals surface area contributed by atoms with E-state index in [1.807, 2.05) is 0 Å². The molecule has 0 aliphatic carbocycles. The SMILES string of the molecule is COCCn1nc(C(=O)N2CCOCC2)ccc1=O. The van der Waals surface area contributed by atoms with Crippen molar-refractivity contribution in [3.63, 3.8) is 0 Å². The highest BCUT2D eigenvalue weighted by molar-refractivity contribution is 5.92. The molecular weight excluding hydrogens is 250 g/mol. The van der Waals surface area contributed by atoms with Gasteiger partial charge in [0.15, 0.2) is 0 Å². The van der Waals surface area contributed by atoms with Crippen LogP contribution in [0.25, 0.3) is 0 Å². The number of ether oxygens (including phenoxy) is 2. The van der Waals surface area contributed by atoms with E-state index in [9.17, 15) is 9.59 Å². The minimum absolute atomic E-state index is 0.172. The van der Waals surface area contributed by atoms with Gasteiger partial charge in [0, 0.05) is 26.3 Å². The summed E-state index contributed by atoms with van der Waals surface area (Å²) >= 11 is 0.